The van der Waals surface area contributed by atoms with Gasteiger partial charge in [0.05, 0.1) is 11.8 Å². The van der Waals surface area contributed by atoms with Crippen molar-refractivity contribution in [3.63, 3.8) is 0 Å². The summed E-state index contributed by atoms with van der Waals surface area (Å²) in [6.45, 7) is 3.56. The van der Waals surface area contributed by atoms with Crippen molar-refractivity contribution < 1.29 is 28.6 Å². The molecule has 1 saturated heterocycles. The van der Waals surface area contributed by atoms with E-state index in [1.165, 1.54) is 0 Å². The monoisotopic (exact) mass is 252 g/mol. The van der Waals surface area contributed by atoms with E-state index in [4.69, 9.17) is 14.2 Å². The van der Waals surface area contributed by atoms with E-state index < -0.39 is 17.9 Å². The predicted octanol–water partition coefficient (Wildman–Crippen LogP) is 0.166. The molecule has 0 aromatic carbocycles. The van der Waals surface area contributed by atoms with Crippen LogP contribution in [-0.4, -0.2) is 30.3 Å². The zero-order valence-electron chi connectivity index (χ0n) is 9.53. The Bertz CT molecular complexity index is 444. The van der Waals surface area contributed by atoms with Crippen LogP contribution in [0.2, 0.25) is 0 Å². The van der Waals surface area contributed by atoms with Gasteiger partial charge in [-0.05, 0) is 12.8 Å². The topological polar surface area (TPSA) is 78.9 Å². The summed E-state index contributed by atoms with van der Waals surface area (Å²) < 4.78 is 15.4. The Morgan fingerprint density at radius 3 is 2.94 bits per heavy atom. The first-order valence-corrected chi connectivity index (χ1v) is 5.79. The lowest BCUT2D eigenvalue weighted by Gasteiger charge is -2.34. The van der Waals surface area contributed by atoms with Gasteiger partial charge in [0.15, 0.2) is 6.10 Å². The summed E-state index contributed by atoms with van der Waals surface area (Å²) in [6, 6.07) is 0. The SMILES string of the molecule is C=CC(=O)OC1C2CC3C(=O)OC1(OC=O)C3C2. The smallest absolute Gasteiger partial charge is 0.330 e. The first kappa shape index (κ1) is 11.3. The summed E-state index contributed by atoms with van der Waals surface area (Å²) >= 11 is 0. The van der Waals surface area contributed by atoms with Gasteiger partial charge in [0.1, 0.15) is 0 Å². The summed E-state index contributed by atoms with van der Waals surface area (Å²) in [5, 5.41) is 0. The maximum Gasteiger partial charge on any atom is 0.330 e. The van der Waals surface area contributed by atoms with Crippen molar-refractivity contribution in [2.45, 2.75) is 24.7 Å². The third kappa shape index (κ3) is 1.20. The molecule has 6 nitrogen and oxygen atoms in total. The number of rotatable bonds is 4. The van der Waals surface area contributed by atoms with Gasteiger partial charge in [-0.3, -0.25) is 9.59 Å². The van der Waals surface area contributed by atoms with Gasteiger partial charge in [0.2, 0.25) is 0 Å². The van der Waals surface area contributed by atoms with Gasteiger partial charge in [-0.25, -0.2) is 4.79 Å². The zero-order chi connectivity index (χ0) is 12.9. The van der Waals surface area contributed by atoms with Crippen LogP contribution in [0.4, 0.5) is 0 Å². The molecule has 0 spiro atoms. The maximum absolute atomic E-state index is 11.7. The number of carbonyl (C=O) groups excluding carboxylic acids is 3. The molecule has 0 N–H and O–H groups in total. The summed E-state index contributed by atoms with van der Waals surface area (Å²) in [6.07, 6.45) is 1.59. The van der Waals surface area contributed by atoms with Crippen LogP contribution in [-0.2, 0) is 28.6 Å². The highest BCUT2D eigenvalue weighted by molar-refractivity contribution is 5.82. The third-order valence-corrected chi connectivity index (χ3v) is 4.15. The molecule has 0 radical (unpaired) electrons. The highest BCUT2D eigenvalue weighted by Gasteiger charge is 2.74. The predicted molar refractivity (Wildman–Crippen MR) is 55.8 cm³/mol. The minimum atomic E-state index is -1.41. The van der Waals surface area contributed by atoms with Gasteiger partial charge in [-0.1, -0.05) is 6.58 Å². The highest BCUT2D eigenvalue weighted by atomic mass is 16.8. The van der Waals surface area contributed by atoms with Crippen molar-refractivity contribution in [1.29, 1.82) is 0 Å². The van der Waals surface area contributed by atoms with Crippen LogP contribution < -0.4 is 0 Å². The molecule has 0 amide bonds. The molecule has 1 heterocycles. The zero-order valence-corrected chi connectivity index (χ0v) is 9.53. The number of ether oxygens (including phenoxy) is 3. The molecule has 18 heavy (non-hydrogen) atoms. The molecular weight excluding hydrogens is 240 g/mol. The Morgan fingerprint density at radius 1 is 1.50 bits per heavy atom. The third-order valence-electron chi connectivity index (χ3n) is 4.15. The lowest BCUT2D eigenvalue weighted by Crippen LogP contribution is -2.50. The normalized spacial score (nSPS) is 43.4. The highest BCUT2D eigenvalue weighted by Crippen LogP contribution is 2.61. The fraction of sp³-hybridized carbons (Fsp3) is 0.583. The number of fused-ring (bicyclic) bond motifs is 1. The van der Waals surface area contributed by atoms with Crippen LogP contribution in [0, 0.1) is 17.8 Å². The van der Waals surface area contributed by atoms with Crippen molar-refractivity contribution >= 4 is 18.4 Å². The van der Waals surface area contributed by atoms with Crippen molar-refractivity contribution in [3.8, 4) is 0 Å². The molecule has 5 unspecified atom stereocenters. The Morgan fingerprint density at radius 2 is 2.28 bits per heavy atom. The molecule has 0 aromatic rings. The first-order chi connectivity index (χ1) is 8.62. The summed E-state index contributed by atoms with van der Waals surface area (Å²) in [5.41, 5.74) is 0. The van der Waals surface area contributed by atoms with Gasteiger partial charge in [0.25, 0.3) is 12.3 Å². The van der Waals surface area contributed by atoms with E-state index >= 15 is 0 Å². The number of esters is 2. The van der Waals surface area contributed by atoms with E-state index in [-0.39, 0.29) is 30.2 Å². The van der Waals surface area contributed by atoms with Crippen LogP contribution >= 0.6 is 0 Å². The molecule has 3 fully saturated rings. The van der Waals surface area contributed by atoms with E-state index in [9.17, 15) is 14.4 Å². The van der Waals surface area contributed by atoms with Crippen LogP contribution in [0.25, 0.3) is 0 Å². The average Bonchev–Trinajstić information content (AvgIpc) is 2.93. The largest absolute Gasteiger partial charge is 0.451 e. The second-order valence-electron chi connectivity index (χ2n) is 4.86. The Hall–Kier alpha value is -1.85. The lowest BCUT2D eigenvalue weighted by molar-refractivity contribution is -0.251. The lowest BCUT2D eigenvalue weighted by atomic mass is 9.85. The van der Waals surface area contributed by atoms with Gasteiger partial charge in [-0.2, -0.15) is 0 Å². The number of hydrogen-bond acceptors (Lipinski definition) is 6. The Balaban J connectivity index is 1.94. The van der Waals surface area contributed by atoms with Crippen LogP contribution in [0.1, 0.15) is 12.8 Å². The second-order valence-corrected chi connectivity index (χ2v) is 4.86. The molecule has 3 aliphatic rings. The van der Waals surface area contributed by atoms with Crippen molar-refractivity contribution in [2.75, 3.05) is 0 Å². The number of carbonyl (C=O) groups is 3. The van der Waals surface area contributed by atoms with Gasteiger partial charge >= 0.3 is 11.9 Å². The molecule has 96 valence electrons. The standard InChI is InChI=1S/C12H12O6/c1-2-9(14)17-10-6-3-7-8(4-6)12(10,16-5-13)18-11(7)15/h2,5-8,10H,1,3-4H2. The van der Waals surface area contributed by atoms with Gasteiger partial charge in [0, 0.05) is 12.0 Å². The summed E-state index contributed by atoms with van der Waals surface area (Å²) in [4.78, 5) is 33.7. The Kier molecular flexibility index (Phi) is 2.23. The maximum atomic E-state index is 11.7. The molecule has 2 aliphatic carbocycles. The molecule has 1 aliphatic heterocycles. The van der Waals surface area contributed by atoms with Crippen molar-refractivity contribution in [2.24, 2.45) is 17.8 Å². The van der Waals surface area contributed by atoms with Crippen molar-refractivity contribution in [1.82, 2.24) is 0 Å². The molecule has 2 bridgehead atoms. The fourth-order valence-electron chi connectivity index (χ4n) is 3.54. The van der Waals surface area contributed by atoms with Crippen molar-refractivity contribution in [3.05, 3.63) is 12.7 Å². The minimum absolute atomic E-state index is 0.00435. The average molecular weight is 252 g/mol. The van der Waals surface area contributed by atoms with Crippen LogP contribution in [0.5, 0.6) is 0 Å². The second kappa shape index (κ2) is 3.57. The Labute approximate surface area is 103 Å². The molecular formula is C12H12O6. The first-order valence-electron chi connectivity index (χ1n) is 5.79. The molecule has 2 saturated carbocycles. The van der Waals surface area contributed by atoms with E-state index in [0.29, 0.717) is 12.8 Å². The van der Waals surface area contributed by atoms with E-state index in [1.807, 2.05) is 0 Å². The molecule has 5 atom stereocenters. The minimum Gasteiger partial charge on any atom is -0.451 e. The number of hydrogen-bond donors (Lipinski definition) is 0. The van der Waals surface area contributed by atoms with Gasteiger partial charge < -0.3 is 14.2 Å². The van der Waals surface area contributed by atoms with Gasteiger partial charge in [-0.15, -0.1) is 0 Å². The van der Waals surface area contributed by atoms with E-state index in [1.54, 1.807) is 0 Å². The van der Waals surface area contributed by atoms with Crippen LogP contribution in [0.15, 0.2) is 12.7 Å². The van der Waals surface area contributed by atoms with E-state index in [0.717, 1.165) is 6.08 Å². The van der Waals surface area contributed by atoms with E-state index in [2.05, 4.69) is 6.58 Å². The molecule has 6 heteroatoms. The molecule has 3 rings (SSSR count). The quantitative estimate of drug-likeness (QED) is 0.403. The fourth-order valence-corrected chi connectivity index (χ4v) is 3.54. The summed E-state index contributed by atoms with van der Waals surface area (Å²) in [7, 11) is 0. The van der Waals surface area contributed by atoms with Crippen LogP contribution in [0.3, 0.4) is 0 Å². The molecule has 0 aromatic heterocycles. The summed E-state index contributed by atoms with van der Waals surface area (Å²) in [5.74, 6) is -2.85.